The second-order valence-electron chi connectivity index (χ2n) is 8.31. The van der Waals surface area contributed by atoms with Gasteiger partial charge in [0, 0.05) is 18.9 Å². The Morgan fingerprint density at radius 3 is 2.23 bits per heavy atom. The maximum absolute atomic E-state index is 12.9. The van der Waals surface area contributed by atoms with E-state index < -0.39 is 5.60 Å². The summed E-state index contributed by atoms with van der Waals surface area (Å²) in [5.41, 5.74) is 0.137. The predicted molar refractivity (Wildman–Crippen MR) is 100 cm³/mol. The van der Waals surface area contributed by atoms with E-state index in [1.165, 1.54) is 0 Å². The molecule has 138 valence electrons. The molecule has 0 aromatic carbocycles. The lowest BCUT2D eigenvalue weighted by atomic mass is 9.95. The lowest BCUT2D eigenvalue weighted by Crippen LogP contribution is -2.47. The Hall–Kier alpha value is -2.54. The first-order valence-electron chi connectivity index (χ1n) is 8.64. The molecule has 0 bridgehead atoms. The van der Waals surface area contributed by atoms with Crippen LogP contribution in [0, 0.1) is 5.41 Å². The quantitative estimate of drug-likeness (QED) is 0.911. The van der Waals surface area contributed by atoms with Crippen LogP contribution in [-0.4, -0.2) is 39.1 Å². The second-order valence-corrected chi connectivity index (χ2v) is 8.31. The van der Waals surface area contributed by atoms with Crippen molar-refractivity contribution in [2.75, 3.05) is 22.9 Å². The number of amides is 1. The molecule has 0 unspecified atom stereocenters. The number of carbonyl (C=O) groups excluding carboxylic acids is 1. The van der Waals surface area contributed by atoms with E-state index in [1.807, 2.05) is 4.90 Å². The van der Waals surface area contributed by atoms with E-state index in [2.05, 4.69) is 35.7 Å². The van der Waals surface area contributed by atoms with Crippen LogP contribution in [0.25, 0.3) is 0 Å². The van der Waals surface area contributed by atoms with Crippen LogP contribution in [0.3, 0.4) is 0 Å². The predicted octanol–water partition coefficient (Wildman–Crippen LogP) is 2.63. The van der Waals surface area contributed by atoms with Crippen molar-refractivity contribution in [1.29, 1.82) is 0 Å². The van der Waals surface area contributed by atoms with E-state index in [1.54, 1.807) is 49.5 Å². The summed E-state index contributed by atoms with van der Waals surface area (Å²) >= 11 is 0. The molecule has 3 rings (SSSR count). The van der Waals surface area contributed by atoms with E-state index in [0.717, 1.165) is 0 Å². The highest BCUT2D eigenvalue weighted by Crippen LogP contribution is 2.36. The van der Waals surface area contributed by atoms with E-state index in [4.69, 9.17) is 0 Å². The number of carbonyl (C=O) groups is 1. The van der Waals surface area contributed by atoms with Crippen LogP contribution in [-0.2, 0) is 10.4 Å². The molecule has 0 spiro atoms. The Morgan fingerprint density at radius 2 is 1.69 bits per heavy atom. The van der Waals surface area contributed by atoms with Gasteiger partial charge in [-0.3, -0.25) is 14.7 Å². The number of anilines is 3. The summed E-state index contributed by atoms with van der Waals surface area (Å²) in [6.07, 6.45) is 4.81. The molecule has 0 radical (unpaired) electrons. The molecule has 1 amide bonds. The van der Waals surface area contributed by atoms with Crippen molar-refractivity contribution in [2.24, 2.45) is 5.41 Å². The molecular weight excluding hydrogens is 330 g/mol. The number of fused-ring (bicyclic) bond motifs is 1. The van der Waals surface area contributed by atoms with Gasteiger partial charge in [-0.1, -0.05) is 20.8 Å². The lowest BCUT2D eigenvalue weighted by molar-refractivity contribution is -0.117. The molecule has 0 saturated carbocycles. The summed E-state index contributed by atoms with van der Waals surface area (Å²) in [4.78, 5) is 29.6. The van der Waals surface area contributed by atoms with Crippen molar-refractivity contribution in [3.63, 3.8) is 0 Å². The molecule has 0 saturated heterocycles. The van der Waals surface area contributed by atoms with Gasteiger partial charge in [0.25, 0.3) is 5.91 Å². The van der Waals surface area contributed by atoms with E-state index >= 15 is 0 Å². The van der Waals surface area contributed by atoms with E-state index in [9.17, 15) is 9.90 Å². The fourth-order valence-electron chi connectivity index (χ4n) is 2.98. The molecule has 1 aliphatic heterocycles. The van der Waals surface area contributed by atoms with E-state index in [-0.39, 0.29) is 17.9 Å². The molecule has 3 heterocycles. The highest BCUT2D eigenvalue weighted by molar-refractivity contribution is 6.06. The zero-order valence-corrected chi connectivity index (χ0v) is 15.9. The highest BCUT2D eigenvalue weighted by Gasteiger charge is 2.34. The van der Waals surface area contributed by atoms with Crippen LogP contribution in [0.15, 0.2) is 30.7 Å². The minimum atomic E-state index is -1.04. The summed E-state index contributed by atoms with van der Waals surface area (Å²) in [5, 5.41) is 10.1. The first kappa shape index (κ1) is 18.3. The average molecular weight is 355 g/mol. The number of pyridine rings is 1. The lowest BCUT2D eigenvalue weighted by Gasteiger charge is -2.38. The number of aliphatic hydroxyl groups is 1. The van der Waals surface area contributed by atoms with Crippen molar-refractivity contribution in [1.82, 2.24) is 15.0 Å². The zero-order valence-electron chi connectivity index (χ0n) is 15.9. The number of rotatable bonds is 3. The van der Waals surface area contributed by atoms with Crippen LogP contribution < -0.4 is 9.80 Å². The van der Waals surface area contributed by atoms with Crippen molar-refractivity contribution in [2.45, 2.75) is 40.2 Å². The number of nitrogens with zero attached hydrogens (tertiary/aromatic N) is 5. The SMILES string of the molecule is CC(C)(C)CN1CC(=O)N(c2ccc(C(C)(C)O)nc2)c2nccnc21. The maximum atomic E-state index is 12.9. The maximum Gasteiger partial charge on any atom is 0.252 e. The number of hydrogen-bond acceptors (Lipinski definition) is 6. The van der Waals surface area contributed by atoms with Gasteiger partial charge in [-0.15, -0.1) is 0 Å². The van der Waals surface area contributed by atoms with Crippen molar-refractivity contribution in [3.05, 3.63) is 36.4 Å². The number of hydrogen-bond donors (Lipinski definition) is 1. The van der Waals surface area contributed by atoms with Crippen LogP contribution >= 0.6 is 0 Å². The molecule has 0 atom stereocenters. The summed E-state index contributed by atoms with van der Waals surface area (Å²) in [6.45, 7) is 10.7. The van der Waals surface area contributed by atoms with Crippen molar-refractivity contribution >= 4 is 23.2 Å². The fraction of sp³-hybridized carbons (Fsp3) is 0.474. The summed E-state index contributed by atoms with van der Waals surface area (Å²) in [5.74, 6) is 1.11. The van der Waals surface area contributed by atoms with Gasteiger partial charge in [0.15, 0.2) is 11.6 Å². The van der Waals surface area contributed by atoms with Gasteiger partial charge in [0.2, 0.25) is 0 Å². The molecule has 2 aromatic rings. The summed E-state index contributed by atoms with van der Waals surface area (Å²) in [6, 6.07) is 3.50. The topological polar surface area (TPSA) is 82.5 Å². The molecule has 7 nitrogen and oxygen atoms in total. The second kappa shape index (κ2) is 6.32. The Balaban J connectivity index is 2.00. The number of aromatic nitrogens is 3. The molecule has 0 aliphatic carbocycles. The Kier molecular flexibility index (Phi) is 4.44. The van der Waals surface area contributed by atoms with E-state index in [0.29, 0.717) is 29.6 Å². The molecule has 1 N–H and O–H groups in total. The van der Waals surface area contributed by atoms with Crippen molar-refractivity contribution in [3.8, 4) is 0 Å². The highest BCUT2D eigenvalue weighted by atomic mass is 16.3. The molecular formula is C19H25N5O2. The van der Waals surface area contributed by atoms with Gasteiger partial charge in [-0.25, -0.2) is 9.97 Å². The standard InChI is InChI=1S/C19H25N5O2/c1-18(2,3)12-23-11-15(25)24(17-16(23)20-8-9-21-17)13-6-7-14(22-10-13)19(4,5)26/h6-10,26H,11-12H2,1-5H3. The third-order valence-corrected chi connectivity index (χ3v) is 4.05. The fourth-order valence-corrected chi connectivity index (χ4v) is 2.98. The van der Waals surface area contributed by atoms with Gasteiger partial charge in [-0.2, -0.15) is 0 Å². The van der Waals surface area contributed by atoms with Crippen LogP contribution in [0.2, 0.25) is 0 Å². The van der Waals surface area contributed by atoms with Crippen LogP contribution in [0.4, 0.5) is 17.3 Å². The molecule has 1 aliphatic rings. The third kappa shape index (κ3) is 3.67. The third-order valence-electron chi connectivity index (χ3n) is 4.05. The minimum Gasteiger partial charge on any atom is -0.384 e. The van der Waals surface area contributed by atoms with Gasteiger partial charge in [-0.05, 0) is 31.4 Å². The molecule has 2 aromatic heterocycles. The molecule has 26 heavy (non-hydrogen) atoms. The monoisotopic (exact) mass is 355 g/mol. The minimum absolute atomic E-state index is 0.0210. The van der Waals surface area contributed by atoms with Crippen LogP contribution in [0.1, 0.15) is 40.3 Å². The van der Waals surface area contributed by atoms with Gasteiger partial charge < -0.3 is 10.0 Å². The van der Waals surface area contributed by atoms with Crippen molar-refractivity contribution < 1.29 is 9.90 Å². The Labute approximate surface area is 153 Å². The first-order chi connectivity index (χ1) is 12.1. The van der Waals surface area contributed by atoms with Crippen LogP contribution in [0.5, 0.6) is 0 Å². The Morgan fingerprint density at radius 1 is 1.04 bits per heavy atom. The largest absolute Gasteiger partial charge is 0.384 e. The summed E-state index contributed by atoms with van der Waals surface area (Å²) < 4.78 is 0. The van der Waals surface area contributed by atoms with Gasteiger partial charge in [0.05, 0.1) is 24.1 Å². The average Bonchev–Trinajstić information content (AvgIpc) is 2.53. The smallest absolute Gasteiger partial charge is 0.252 e. The first-order valence-corrected chi connectivity index (χ1v) is 8.64. The molecule has 7 heteroatoms. The van der Waals surface area contributed by atoms with Gasteiger partial charge >= 0.3 is 0 Å². The van der Waals surface area contributed by atoms with Gasteiger partial charge in [0.1, 0.15) is 5.60 Å². The molecule has 0 fully saturated rings. The summed E-state index contributed by atoms with van der Waals surface area (Å²) in [7, 11) is 0. The zero-order chi connectivity index (χ0) is 19.1. The normalized spacial score (nSPS) is 15.2. The Bertz CT molecular complexity index is 806.